The van der Waals surface area contributed by atoms with Crippen molar-refractivity contribution in [2.45, 2.75) is 82.8 Å². The van der Waals surface area contributed by atoms with Crippen LogP contribution in [0.15, 0.2) is 42.9 Å². The van der Waals surface area contributed by atoms with Crippen LogP contribution in [0, 0.1) is 0 Å². The van der Waals surface area contributed by atoms with Gasteiger partial charge in [-0.2, -0.15) is 5.09 Å². The zero-order valence-electron chi connectivity index (χ0n) is 26.3. The van der Waals surface area contributed by atoms with Crippen LogP contribution in [0.4, 0.5) is 5.82 Å². The number of carbonyl (C=O) groups excluding carboxylic acids is 1. The van der Waals surface area contributed by atoms with Crippen LogP contribution in [0.5, 0.6) is 5.75 Å². The first-order chi connectivity index (χ1) is 22.0. The van der Waals surface area contributed by atoms with E-state index in [0.29, 0.717) is 21.9 Å². The molecule has 1 aromatic carbocycles. The number of ether oxygens (including phenoxy) is 2. The zero-order chi connectivity index (χ0) is 34.3. The number of carbonyl (C=O) groups is 1. The number of hydrogen-bond donors (Lipinski definition) is 4. The van der Waals surface area contributed by atoms with Crippen LogP contribution in [0.3, 0.4) is 0 Å². The number of esters is 1. The number of nitrogens with zero attached hydrogens (tertiary/aromatic N) is 4. The molecule has 0 radical (unpaired) electrons. The lowest BCUT2D eigenvalue weighted by atomic mass is 9.96. The highest BCUT2D eigenvalue weighted by atomic mass is 35.5. The van der Waals surface area contributed by atoms with Crippen LogP contribution in [-0.4, -0.2) is 88.0 Å². The number of anilines is 1. The molecule has 16 nitrogen and oxygen atoms in total. The molecule has 2 aromatic heterocycles. The fourth-order valence-corrected chi connectivity index (χ4v) is 7.26. The number of hydrazine groups is 1. The Hall–Kier alpha value is -2.86. The molecular formula is C28H38ClN6O10PS. The molecule has 0 spiro atoms. The van der Waals surface area contributed by atoms with E-state index in [1.165, 1.54) is 54.0 Å². The number of benzene rings is 1. The summed E-state index contributed by atoms with van der Waals surface area (Å²) in [5, 5.41) is 27.5. The predicted octanol–water partition coefficient (Wildman–Crippen LogP) is 2.66. The van der Waals surface area contributed by atoms with Crippen LogP contribution in [0.2, 0.25) is 5.02 Å². The quantitative estimate of drug-likeness (QED) is 0.108. The summed E-state index contributed by atoms with van der Waals surface area (Å²) < 4.78 is 62.3. The van der Waals surface area contributed by atoms with E-state index in [2.05, 4.69) is 19.9 Å². The molecule has 1 saturated heterocycles. The van der Waals surface area contributed by atoms with Crippen LogP contribution in [0.1, 0.15) is 46.8 Å². The maximum Gasteiger partial charge on any atom is 0.459 e. The second kappa shape index (κ2) is 13.6. The SMILES string of the molecule is CC(C)OC(=O)C(C)NP(=O)(OCC1OC(n2ccc3c(N(NS(C)(=O)=O)C4CC4)ncnc32)[C@](C)(O)[C@@H]1O)Oc1ccc(Cl)cc1. The molecule has 0 bridgehead atoms. The van der Waals surface area contributed by atoms with E-state index in [1.807, 2.05) is 0 Å². The number of fused-ring (bicyclic) bond motifs is 1. The van der Waals surface area contributed by atoms with E-state index < -0.39 is 66.5 Å². The van der Waals surface area contributed by atoms with Crippen molar-refractivity contribution in [2.24, 2.45) is 0 Å². The minimum absolute atomic E-state index is 0.0882. The fraction of sp³-hybridized carbons (Fsp3) is 0.536. The summed E-state index contributed by atoms with van der Waals surface area (Å²) in [6.45, 7) is 5.59. The first kappa shape index (κ1) is 35.4. The molecule has 2 fully saturated rings. The van der Waals surface area contributed by atoms with Gasteiger partial charge in [-0.05, 0) is 70.9 Å². The highest BCUT2D eigenvalue weighted by Gasteiger charge is 2.54. The van der Waals surface area contributed by atoms with Crippen molar-refractivity contribution in [3.63, 3.8) is 0 Å². The number of halogens is 1. The molecule has 1 aliphatic carbocycles. The summed E-state index contributed by atoms with van der Waals surface area (Å²) in [4.78, 5) is 23.7. The van der Waals surface area contributed by atoms with Crippen LogP contribution >= 0.6 is 19.3 Å². The molecule has 1 saturated carbocycles. The van der Waals surface area contributed by atoms with Crippen molar-refractivity contribution in [2.75, 3.05) is 17.9 Å². The van der Waals surface area contributed by atoms with Crippen LogP contribution in [0.25, 0.3) is 11.0 Å². The van der Waals surface area contributed by atoms with E-state index in [-0.39, 0.29) is 11.8 Å². The summed E-state index contributed by atoms with van der Waals surface area (Å²) in [5.41, 5.74) is -1.61. The molecule has 1 aliphatic heterocycles. The monoisotopic (exact) mass is 716 g/mol. The molecule has 0 amide bonds. The number of rotatable bonds is 14. The Morgan fingerprint density at radius 3 is 2.53 bits per heavy atom. The number of aromatic nitrogens is 3. The van der Waals surface area contributed by atoms with Crippen molar-refractivity contribution in [1.82, 2.24) is 24.5 Å². The van der Waals surface area contributed by atoms with E-state index in [4.69, 9.17) is 30.1 Å². The molecule has 3 aromatic rings. The normalized spacial score (nSPS) is 25.1. The molecule has 19 heteroatoms. The summed E-state index contributed by atoms with van der Waals surface area (Å²) in [5.74, 6) is -0.264. The van der Waals surface area contributed by atoms with Gasteiger partial charge in [-0.25, -0.2) is 23.0 Å². The van der Waals surface area contributed by atoms with Crippen LogP contribution in [-0.2, 0) is 33.4 Å². The van der Waals surface area contributed by atoms with Crippen molar-refractivity contribution in [3.8, 4) is 5.75 Å². The van der Waals surface area contributed by atoms with Gasteiger partial charge in [0.2, 0.25) is 10.0 Å². The minimum Gasteiger partial charge on any atom is -0.462 e. The average molecular weight is 717 g/mol. The highest BCUT2D eigenvalue weighted by molar-refractivity contribution is 7.88. The lowest BCUT2D eigenvalue weighted by Gasteiger charge is -2.28. The number of hydrogen-bond acceptors (Lipinski definition) is 13. The average Bonchev–Trinajstić information content (AvgIpc) is 3.69. The molecule has 5 rings (SSSR count). The van der Waals surface area contributed by atoms with Crippen molar-refractivity contribution in [3.05, 3.63) is 47.9 Å². The third kappa shape index (κ3) is 8.24. The number of nitrogens with one attached hydrogen (secondary N) is 2. The summed E-state index contributed by atoms with van der Waals surface area (Å²) in [6, 6.07) is 6.39. The van der Waals surface area contributed by atoms with Crippen molar-refractivity contribution in [1.29, 1.82) is 0 Å². The van der Waals surface area contributed by atoms with E-state index >= 15 is 0 Å². The maximum absolute atomic E-state index is 14.0. The molecular weight excluding hydrogens is 679 g/mol. The third-order valence-corrected chi connectivity index (χ3v) is 9.83. The Bertz CT molecular complexity index is 1750. The number of sulfonamides is 1. The van der Waals surface area contributed by atoms with Gasteiger partial charge in [0.15, 0.2) is 12.0 Å². The van der Waals surface area contributed by atoms with E-state index in [0.717, 1.165) is 19.1 Å². The van der Waals surface area contributed by atoms with Crippen molar-refractivity contribution < 1.29 is 46.5 Å². The lowest BCUT2D eigenvalue weighted by Crippen LogP contribution is -2.44. The van der Waals surface area contributed by atoms with Crippen LogP contribution < -0.4 is 19.5 Å². The smallest absolute Gasteiger partial charge is 0.459 e. The zero-order valence-corrected chi connectivity index (χ0v) is 28.8. The van der Waals surface area contributed by atoms with Gasteiger partial charge in [-0.3, -0.25) is 14.3 Å². The molecule has 47 heavy (non-hydrogen) atoms. The molecule has 258 valence electrons. The summed E-state index contributed by atoms with van der Waals surface area (Å²) in [7, 11) is -7.96. The summed E-state index contributed by atoms with van der Waals surface area (Å²) >= 11 is 5.97. The highest BCUT2D eigenvalue weighted by Crippen LogP contribution is 2.47. The lowest BCUT2D eigenvalue weighted by molar-refractivity contribution is -0.149. The van der Waals surface area contributed by atoms with Gasteiger partial charge in [0.1, 0.15) is 41.6 Å². The molecule has 2 aliphatic rings. The van der Waals surface area contributed by atoms with Gasteiger partial charge in [-0.1, -0.05) is 11.6 Å². The fourth-order valence-electron chi connectivity index (χ4n) is 5.04. The number of aliphatic hydroxyl groups excluding tert-OH is 1. The first-order valence-corrected chi connectivity index (χ1v) is 18.6. The Labute approximate surface area is 276 Å². The van der Waals surface area contributed by atoms with E-state index in [1.54, 1.807) is 26.1 Å². The largest absolute Gasteiger partial charge is 0.462 e. The Morgan fingerprint density at radius 2 is 1.91 bits per heavy atom. The number of aliphatic hydroxyl groups is 2. The topological polar surface area (TPSA) is 204 Å². The maximum atomic E-state index is 14.0. The molecule has 6 atom stereocenters. The van der Waals surface area contributed by atoms with Crippen molar-refractivity contribution >= 4 is 52.2 Å². The van der Waals surface area contributed by atoms with E-state index in [9.17, 15) is 28.0 Å². The minimum atomic E-state index is -4.34. The third-order valence-electron chi connectivity index (χ3n) is 7.41. The second-order valence-corrected chi connectivity index (χ2v) is 15.9. The second-order valence-electron chi connectivity index (χ2n) is 12.0. The first-order valence-electron chi connectivity index (χ1n) is 14.8. The van der Waals surface area contributed by atoms with Gasteiger partial charge in [0.05, 0.1) is 24.4 Å². The van der Waals surface area contributed by atoms with Gasteiger partial charge in [0.25, 0.3) is 0 Å². The standard InChI is InChI=1S/C28H38ClN6O10PS/c1-16(2)43-26(37)17(3)32-46(39,45-20-10-6-18(29)7-11-20)42-14-22-23(36)28(4,38)27(44-22)34-13-12-21-24(34)30-15-31-25(21)35(19-8-9-19)33-47(5,40)41/h6-7,10-13,15-17,19,22-23,27,33,36,38H,8-9,14H2,1-5H3,(H,32,39)/t17?,22?,23-,27?,28-,46?/m1/s1. The summed E-state index contributed by atoms with van der Waals surface area (Å²) in [6.07, 6.45) is 0.988. The molecule has 4 unspecified atom stereocenters. The Kier molecular flexibility index (Phi) is 10.2. The Balaban J connectivity index is 1.38. The van der Waals surface area contributed by atoms with Gasteiger partial charge in [-0.15, -0.1) is 4.83 Å². The Morgan fingerprint density at radius 1 is 1.23 bits per heavy atom. The van der Waals surface area contributed by atoms with Gasteiger partial charge < -0.3 is 28.8 Å². The molecule has 3 heterocycles. The van der Waals surface area contributed by atoms with Gasteiger partial charge in [0, 0.05) is 17.3 Å². The molecule has 4 N–H and O–H groups in total. The van der Waals surface area contributed by atoms with Gasteiger partial charge >= 0.3 is 13.7 Å². The predicted molar refractivity (Wildman–Crippen MR) is 171 cm³/mol.